The van der Waals surface area contributed by atoms with Gasteiger partial charge in [-0.1, -0.05) is 24.6 Å². The topological polar surface area (TPSA) is 91.0 Å². The number of nitrogens with zero attached hydrogens (tertiary/aromatic N) is 2. The molecule has 22 heavy (non-hydrogen) atoms. The number of benzene rings is 1. The van der Waals surface area contributed by atoms with E-state index in [-0.39, 0.29) is 12.6 Å². The normalized spacial score (nSPS) is 10.0. The largest absolute Gasteiger partial charge is 0.359 e. The molecule has 6 nitrogen and oxygen atoms in total. The molecule has 1 aromatic heterocycles. The number of nitrogens with one attached hydrogen (secondary N) is 2. The zero-order valence-electron chi connectivity index (χ0n) is 12.6. The Hall–Kier alpha value is -2.81. The first kappa shape index (κ1) is 15.6. The number of carbonyl (C=O) groups is 1. The minimum Gasteiger partial charge on any atom is -0.359 e. The number of urea groups is 1. The molecule has 2 rings (SSSR count). The monoisotopic (exact) mass is 298 g/mol. The second-order valence-corrected chi connectivity index (χ2v) is 4.98. The highest BCUT2D eigenvalue weighted by molar-refractivity contribution is 5.89. The number of aromatic nitrogens is 1. The van der Waals surface area contributed by atoms with Gasteiger partial charge in [-0.3, -0.25) is 0 Å². The fourth-order valence-corrected chi connectivity index (χ4v) is 1.98. The third kappa shape index (κ3) is 4.09. The van der Waals surface area contributed by atoms with Crippen LogP contribution < -0.4 is 10.6 Å². The lowest BCUT2D eigenvalue weighted by Crippen LogP contribution is -2.28. The smallest absolute Gasteiger partial charge is 0.319 e. The third-order valence-electron chi connectivity index (χ3n) is 3.15. The molecule has 114 valence electrons. The Balaban J connectivity index is 1.88. The molecule has 0 saturated carbocycles. The second-order valence-electron chi connectivity index (χ2n) is 4.98. The van der Waals surface area contributed by atoms with Crippen molar-refractivity contribution in [3.05, 3.63) is 46.8 Å². The van der Waals surface area contributed by atoms with Crippen LogP contribution in [0.2, 0.25) is 0 Å². The molecule has 2 amide bonds. The summed E-state index contributed by atoms with van der Waals surface area (Å²) in [5, 5.41) is 18.3. The van der Waals surface area contributed by atoms with Gasteiger partial charge in [0.1, 0.15) is 0 Å². The van der Waals surface area contributed by atoms with E-state index in [4.69, 9.17) is 9.78 Å². The van der Waals surface area contributed by atoms with Gasteiger partial charge in [0, 0.05) is 11.8 Å². The number of aryl methyl sites for hydroxylation is 2. The van der Waals surface area contributed by atoms with E-state index in [1.165, 1.54) is 0 Å². The first-order valence-corrected chi connectivity index (χ1v) is 7.12. The lowest BCUT2D eigenvalue weighted by atomic mass is 10.1. The Morgan fingerprint density at radius 1 is 1.41 bits per heavy atom. The van der Waals surface area contributed by atoms with Crippen LogP contribution in [0, 0.1) is 18.3 Å². The van der Waals surface area contributed by atoms with Crippen LogP contribution in [0.3, 0.4) is 0 Å². The predicted molar refractivity (Wildman–Crippen MR) is 82.3 cm³/mol. The van der Waals surface area contributed by atoms with Crippen molar-refractivity contribution >= 4 is 11.7 Å². The van der Waals surface area contributed by atoms with Crippen LogP contribution in [0.5, 0.6) is 0 Å². The van der Waals surface area contributed by atoms with Gasteiger partial charge in [-0.15, -0.1) is 0 Å². The molecule has 2 N–H and O–H groups in total. The molecule has 0 aliphatic rings. The molecule has 0 fully saturated rings. The van der Waals surface area contributed by atoms with Gasteiger partial charge in [-0.05, 0) is 31.0 Å². The van der Waals surface area contributed by atoms with Crippen molar-refractivity contribution in [3.8, 4) is 6.07 Å². The molecule has 0 unspecified atom stereocenters. The van der Waals surface area contributed by atoms with Crippen molar-refractivity contribution in [2.45, 2.75) is 33.2 Å². The van der Waals surface area contributed by atoms with Gasteiger partial charge in [0.2, 0.25) is 0 Å². The van der Waals surface area contributed by atoms with Crippen molar-refractivity contribution < 1.29 is 9.32 Å². The summed E-state index contributed by atoms with van der Waals surface area (Å²) >= 11 is 0. The summed E-state index contributed by atoms with van der Waals surface area (Å²) in [5.74, 6) is 0.611. The lowest BCUT2D eigenvalue weighted by molar-refractivity contribution is 0.250. The maximum atomic E-state index is 11.8. The third-order valence-corrected chi connectivity index (χ3v) is 3.15. The quantitative estimate of drug-likeness (QED) is 0.887. The molecule has 0 saturated heterocycles. The van der Waals surface area contributed by atoms with E-state index in [2.05, 4.69) is 28.8 Å². The SMILES string of the molecule is CCCc1cc(CNC(=O)Nc2ccc(C)c(C#N)c2)on1. The first-order chi connectivity index (χ1) is 10.6. The van der Waals surface area contributed by atoms with E-state index in [9.17, 15) is 4.79 Å². The molecule has 6 heteroatoms. The molecular weight excluding hydrogens is 280 g/mol. The molecule has 2 aromatic rings. The Morgan fingerprint density at radius 3 is 2.95 bits per heavy atom. The second kappa shape index (κ2) is 7.27. The van der Waals surface area contributed by atoms with Crippen molar-refractivity contribution in [1.29, 1.82) is 5.26 Å². The highest BCUT2D eigenvalue weighted by Gasteiger charge is 2.07. The standard InChI is InChI=1S/C16H18N4O2/c1-3-4-14-8-15(22-20-14)10-18-16(21)19-13-6-5-11(2)12(7-13)9-17/h5-8H,3-4,10H2,1-2H3,(H2,18,19,21). The van der Waals surface area contributed by atoms with Gasteiger partial charge in [-0.25, -0.2) is 4.79 Å². The predicted octanol–water partition coefficient (Wildman–Crippen LogP) is 3.13. The van der Waals surface area contributed by atoms with Gasteiger partial charge < -0.3 is 15.2 Å². The van der Waals surface area contributed by atoms with E-state index >= 15 is 0 Å². The zero-order valence-corrected chi connectivity index (χ0v) is 12.6. The number of anilines is 1. The Bertz CT molecular complexity index is 700. The van der Waals surface area contributed by atoms with Crippen LogP contribution in [0.15, 0.2) is 28.8 Å². The van der Waals surface area contributed by atoms with Gasteiger partial charge in [-0.2, -0.15) is 5.26 Å². The van der Waals surface area contributed by atoms with Crippen LogP contribution >= 0.6 is 0 Å². The summed E-state index contributed by atoms with van der Waals surface area (Å²) < 4.78 is 5.13. The van der Waals surface area contributed by atoms with Gasteiger partial charge in [0.05, 0.1) is 23.9 Å². The molecule has 1 heterocycles. The summed E-state index contributed by atoms with van der Waals surface area (Å²) in [6.07, 6.45) is 1.85. The number of rotatable bonds is 5. The fraction of sp³-hybridized carbons (Fsp3) is 0.312. The van der Waals surface area contributed by atoms with E-state index in [0.717, 1.165) is 24.1 Å². The molecule has 0 bridgehead atoms. The Labute approximate surface area is 129 Å². The summed E-state index contributed by atoms with van der Waals surface area (Å²) in [7, 11) is 0. The lowest BCUT2D eigenvalue weighted by Gasteiger charge is -2.07. The summed E-state index contributed by atoms with van der Waals surface area (Å²) in [6.45, 7) is 4.18. The highest BCUT2D eigenvalue weighted by atomic mass is 16.5. The number of hydrogen-bond acceptors (Lipinski definition) is 4. The van der Waals surface area contributed by atoms with Crippen molar-refractivity contribution in [3.63, 3.8) is 0 Å². The van der Waals surface area contributed by atoms with Crippen LogP contribution in [-0.4, -0.2) is 11.2 Å². The number of hydrogen-bond donors (Lipinski definition) is 2. The fourth-order valence-electron chi connectivity index (χ4n) is 1.98. The van der Waals surface area contributed by atoms with Gasteiger partial charge in [0.25, 0.3) is 0 Å². The summed E-state index contributed by atoms with van der Waals surface area (Å²) in [4.78, 5) is 11.8. The van der Waals surface area contributed by atoms with Crippen LogP contribution in [-0.2, 0) is 13.0 Å². The Kier molecular flexibility index (Phi) is 5.15. The first-order valence-electron chi connectivity index (χ1n) is 7.12. The number of nitriles is 1. The minimum absolute atomic E-state index is 0.263. The van der Waals surface area contributed by atoms with Crippen molar-refractivity contribution in [2.75, 3.05) is 5.32 Å². The Morgan fingerprint density at radius 2 is 2.23 bits per heavy atom. The molecule has 0 spiro atoms. The van der Waals surface area contributed by atoms with Gasteiger partial charge >= 0.3 is 6.03 Å². The van der Waals surface area contributed by atoms with Gasteiger partial charge in [0.15, 0.2) is 5.76 Å². The number of carbonyl (C=O) groups excluding carboxylic acids is 1. The average Bonchev–Trinajstić information content (AvgIpc) is 2.95. The van der Waals surface area contributed by atoms with E-state index in [0.29, 0.717) is 17.0 Å². The van der Waals surface area contributed by atoms with Crippen LogP contribution in [0.25, 0.3) is 0 Å². The summed E-state index contributed by atoms with van der Waals surface area (Å²) in [6, 6.07) is 8.75. The van der Waals surface area contributed by atoms with Crippen LogP contribution in [0.1, 0.15) is 35.9 Å². The van der Waals surface area contributed by atoms with Crippen molar-refractivity contribution in [1.82, 2.24) is 10.5 Å². The van der Waals surface area contributed by atoms with E-state index < -0.39 is 0 Å². The molecular formula is C16H18N4O2. The summed E-state index contributed by atoms with van der Waals surface area (Å²) in [5.41, 5.74) is 2.87. The highest BCUT2D eigenvalue weighted by Crippen LogP contribution is 2.14. The minimum atomic E-state index is -0.360. The van der Waals surface area contributed by atoms with Crippen molar-refractivity contribution in [2.24, 2.45) is 0 Å². The van der Waals surface area contributed by atoms with Crippen LogP contribution in [0.4, 0.5) is 10.5 Å². The van der Waals surface area contributed by atoms with E-state index in [1.807, 2.05) is 13.0 Å². The number of amides is 2. The molecule has 0 atom stereocenters. The molecule has 0 aliphatic carbocycles. The zero-order chi connectivity index (χ0) is 15.9. The molecule has 0 aliphatic heterocycles. The molecule has 0 radical (unpaired) electrons. The molecule has 1 aromatic carbocycles. The van der Waals surface area contributed by atoms with E-state index in [1.54, 1.807) is 18.2 Å². The average molecular weight is 298 g/mol. The maximum Gasteiger partial charge on any atom is 0.319 e. The maximum absolute atomic E-state index is 11.8.